The van der Waals surface area contributed by atoms with Crippen molar-refractivity contribution in [3.8, 4) is 5.75 Å². The summed E-state index contributed by atoms with van der Waals surface area (Å²) < 4.78 is 10.7. The zero-order valence-electron chi connectivity index (χ0n) is 16.1. The van der Waals surface area contributed by atoms with Crippen LogP contribution in [0.2, 0.25) is 0 Å². The topological polar surface area (TPSA) is 81.9 Å². The highest BCUT2D eigenvalue weighted by molar-refractivity contribution is 5.91. The van der Waals surface area contributed by atoms with E-state index in [9.17, 15) is 14.9 Å². The Morgan fingerprint density at radius 1 is 1.14 bits per heavy atom. The maximum atomic E-state index is 12.5. The molecule has 3 rings (SSSR count). The second kappa shape index (κ2) is 8.73. The van der Waals surface area contributed by atoms with Gasteiger partial charge in [0.2, 0.25) is 0 Å². The lowest BCUT2D eigenvalue weighted by Gasteiger charge is -2.28. The number of nitro groups is 1. The molecule has 0 aromatic heterocycles. The number of rotatable bonds is 6. The van der Waals surface area contributed by atoms with Crippen LogP contribution in [0.25, 0.3) is 0 Å². The molecule has 1 saturated heterocycles. The number of nitrogens with zero attached hydrogens (tertiary/aromatic N) is 2. The van der Waals surface area contributed by atoms with Crippen molar-refractivity contribution in [2.45, 2.75) is 32.8 Å². The minimum atomic E-state index is -0.600. The van der Waals surface area contributed by atoms with Gasteiger partial charge in [0, 0.05) is 24.7 Å². The molecule has 0 amide bonds. The zero-order chi connectivity index (χ0) is 20.1. The van der Waals surface area contributed by atoms with Crippen LogP contribution < -0.4 is 9.64 Å². The van der Waals surface area contributed by atoms with Crippen molar-refractivity contribution < 1.29 is 19.2 Å². The fourth-order valence-corrected chi connectivity index (χ4v) is 3.45. The van der Waals surface area contributed by atoms with Gasteiger partial charge in [0.1, 0.15) is 18.0 Å². The fourth-order valence-electron chi connectivity index (χ4n) is 3.45. The SMILES string of the molecule is COc1ccc(C)cc1COC(=O)c1ccc(N2CCCCC2)c([N+](=O)[O-])c1. The molecule has 0 N–H and O–H groups in total. The summed E-state index contributed by atoms with van der Waals surface area (Å²) in [6, 6.07) is 10.2. The normalized spacial score (nSPS) is 13.9. The molecule has 148 valence electrons. The molecule has 0 radical (unpaired) electrons. The van der Waals surface area contributed by atoms with Gasteiger partial charge in [0.15, 0.2) is 0 Å². The Hall–Kier alpha value is -3.09. The van der Waals surface area contributed by atoms with Gasteiger partial charge in [0.25, 0.3) is 5.69 Å². The van der Waals surface area contributed by atoms with E-state index in [-0.39, 0.29) is 17.9 Å². The summed E-state index contributed by atoms with van der Waals surface area (Å²) in [5.74, 6) is 0.0293. The van der Waals surface area contributed by atoms with Crippen molar-refractivity contribution in [3.63, 3.8) is 0 Å². The standard InChI is InChI=1S/C21H24N2O5/c1-15-6-9-20(27-2)17(12-15)14-28-21(24)16-7-8-18(19(13-16)23(25)26)22-10-4-3-5-11-22/h6-9,12-13H,3-5,10-11,14H2,1-2H3. The number of nitro benzene ring substituents is 1. The van der Waals surface area contributed by atoms with Gasteiger partial charge in [-0.25, -0.2) is 4.79 Å². The number of ether oxygens (including phenoxy) is 2. The fraction of sp³-hybridized carbons (Fsp3) is 0.381. The second-order valence-corrected chi connectivity index (χ2v) is 6.90. The number of carbonyl (C=O) groups is 1. The predicted molar refractivity (Wildman–Crippen MR) is 106 cm³/mol. The van der Waals surface area contributed by atoms with Crippen molar-refractivity contribution in [2.75, 3.05) is 25.1 Å². The lowest BCUT2D eigenvalue weighted by atomic mass is 10.1. The van der Waals surface area contributed by atoms with Crippen molar-refractivity contribution >= 4 is 17.3 Å². The number of benzene rings is 2. The molecule has 1 heterocycles. The van der Waals surface area contributed by atoms with E-state index in [1.165, 1.54) is 6.07 Å². The van der Waals surface area contributed by atoms with Gasteiger partial charge in [0.05, 0.1) is 17.6 Å². The smallest absolute Gasteiger partial charge is 0.338 e. The highest BCUT2D eigenvalue weighted by Gasteiger charge is 2.23. The van der Waals surface area contributed by atoms with Gasteiger partial charge >= 0.3 is 5.97 Å². The number of aryl methyl sites for hydroxylation is 1. The van der Waals surface area contributed by atoms with E-state index >= 15 is 0 Å². The van der Waals surface area contributed by atoms with Crippen molar-refractivity contribution in [2.24, 2.45) is 0 Å². The van der Waals surface area contributed by atoms with Crippen LogP contribution in [0.5, 0.6) is 5.75 Å². The summed E-state index contributed by atoms with van der Waals surface area (Å²) in [5.41, 5.74) is 2.42. The van der Waals surface area contributed by atoms with E-state index in [1.807, 2.05) is 30.0 Å². The first kappa shape index (κ1) is 19.7. The largest absolute Gasteiger partial charge is 0.496 e. The van der Waals surface area contributed by atoms with Gasteiger partial charge in [-0.1, -0.05) is 11.6 Å². The molecule has 0 atom stereocenters. The summed E-state index contributed by atoms with van der Waals surface area (Å²) in [7, 11) is 1.55. The summed E-state index contributed by atoms with van der Waals surface area (Å²) in [6.45, 7) is 3.55. The molecule has 28 heavy (non-hydrogen) atoms. The third-order valence-electron chi connectivity index (χ3n) is 4.90. The first-order valence-electron chi connectivity index (χ1n) is 9.33. The van der Waals surface area contributed by atoms with E-state index in [0.717, 1.165) is 43.5 Å². The molecule has 0 bridgehead atoms. The molecular weight excluding hydrogens is 360 g/mol. The Balaban J connectivity index is 1.77. The number of esters is 1. The van der Waals surface area contributed by atoms with E-state index in [0.29, 0.717) is 11.4 Å². The highest BCUT2D eigenvalue weighted by atomic mass is 16.6. The molecule has 0 aliphatic carbocycles. The Bertz CT molecular complexity index is 875. The van der Waals surface area contributed by atoms with Crippen molar-refractivity contribution in [3.05, 3.63) is 63.2 Å². The number of methoxy groups -OCH3 is 1. The van der Waals surface area contributed by atoms with Crippen LogP contribution in [0.1, 0.15) is 40.7 Å². The first-order valence-corrected chi connectivity index (χ1v) is 9.33. The minimum absolute atomic E-state index is 0.0331. The van der Waals surface area contributed by atoms with Crippen molar-refractivity contribution in [1.29, 1.82) is 0 Å². The van der Waals surface area contributed by atoms with Crippen LogP contribution in [-0.2, 0) is 11.3 Å². The molecule has 0 unspecified atom stereocenters. The highest BCUT2D eigenvalue weighted by Crippen LogP contribution is 2.31. The molecular formula is C21H24N2O5. The number of carbonyl (C=O) groups excluding carboxylic acids is 1. The molecule has 2 aromatic rings. The summed E-state index contributed by atoms with van der Waals surface area (Å²) in [4.78, 5) is 25.6. The lowest BCUT2D eigenvalue weighted by Crippen LogP contribution is -2.30. The Kier molecular flexibility index (Phi) is 6.13. The van der Waals surface area contributed by atoms with Crippen molar-refractivity contribution in [1.82, 2.24) is 0 Å². The number of anilines is 1. The molecule has 1 fully saturated rings. The van der Waals surface area contributed by atoms with Gasteiger partial charge in [-0.3, -0.25) is 10.1 Å². The molecule has 1 aliphatic rings. The number of piperidine rings is 1. The third kappa shape index (κ3) is 4.42. The van der Waals surface area contributed by atoms with E-state index < -0.39 is 10.9 Å². The van der Waals surface area contributed by atoms with E-state index in [1.54, 1.807) is 19.2 Å². The number of hydrogen-bond donors (Lipinski definition) is 0. The first-order chi connectivity index (χ1) is 13.5. The summed E-state index contributed by atoms with van der Waals surface area (Å²) >= 11 is 0. The molecule has 0 saturated carbocycles. The second-order valence-electron chi connectivity index (χ2n) is 6.90. The monoisotopic (exact) mass is 384 g/mol. The summed E-state index contributed by atoms with van der Waals surface area (Å²) in [5, 5.41) is 11.5. The molecule has 1 aliphatic heterocycles. The minimum Gasteiger partial charge on any atom is -0.496 e. The number of hydrogen-bond acceptors (Lipinski definition) is 6. The molecule has 0 spiro atoms. The Morgan fingerprint density at radius 2 is 1.89 bits per heavy atom. The van der Waals surface area contributed by atoms with Crippen LogP contribution in [0.4, 0.5) is 11.4 Å². The van der Waals surface area contributed by atoms with Crippen LogP contribution in [0.3, 0.4) is 0 Å². The van der Waals surface area contributed by atoms with Crippen LogP contribution in [-0.4, -0.2) is 31.1 Å². The van der Waals surface area contributed by atoms with Crippen LogP contribution in [0.15, 0.2) is 36.4 Å². The molecule has 2 aromatic carbocycles. The molecule has 7 nitrogen and oxygen atoms in total. The van der Waals surface area contributed by atoms with Gasteiger partial charge in [-0.05, 0) is 50.5 Å². The average molecular weight is 384 g/mol. The zero-order valence-corrected chi connectivity index (χ0v) is 16.1. The lowest BCUT2D eigenvalue weighted by molar-refractivity contribution is -0.384. The van der Waals surface area contributed by atoms with Gasteiger partial charge < -0.3 is 14.4 Å². The molecule has 7 heteroatoms. The van der Waals surface area contributed by atoms with Gasteiger partial charge in [-0.15, -0.1) is 0 Å². The van der Waals surface area contributed by atoms with Crippen LogP contribution >= 0.6 is 0 Å². The maximum Gasteiger partial charge on any atom is 0.338 e. The van der Waals surface area contributed by atoms with E-state index in [4.69, 9.17) is 9.47 Å². The third-order valence-corrected chi connectivity index (χ3v) is 4.90. The Morgan fingerprint density at radius 3 is 2.57 bits per heavy atom. The quantitative estimate of drug-likeness (QED) is 0.420. The Labute approximate surface area is 164 Å². The predicted octanol–water partition coefficient (Wildman–Crippen LogP) is 4.26. The maximum absolute atomic E-state index is 12.5. The average Bonchev–Trinajstić information content (AvgIpc) is 2.72. The van der Waals surface area contributed by atoms with Gasteiger partial charge in [-0.2, -0.15) is 0 Å². The van der Waals surface area contributed by atoms with E-state index in [2.05, 4.69) is 0 Å². The van der Waals surface area contributed by atoms with Crippen LogP contribution in [0, 0.1) is 17.0 Å². The summed E-state index contributed by atoms with van der Waals surface area (Å²) in [6.07, 6.45) is 3.16.